The minimum atomic E-state index is -3.72. The SMILES string of the molecule is CCOC(=O)C(C)c1ccc(S(=O)(=O)Cl)cc1. The fraction of sp³-hybridized carbons (Fsp3) is 0.364. The third-order valence-corrected chi connectivity index (χ3v) is 3.67. The monoisotopic (exact) mass is 276 g/mol. The fourth-order valence-corrected chi connectivity index (χ4v) is 2.09. The standard InChI is InChI=1S/C11H13ClO4S/c1-3-16-11(13)8(2)9-4-6-10(7-5-9)17(12,14)15/h4-8H,3H2,1-2H3. The van der Waals surface area contributed by atoms with E-state index < -0.39 is 15.0 Å². The maximum atomic E-state index is 11.5. The predicted molar refractivity (Wildman–Crippen MR) is 64.5 cm³/mol. The summed E-state index contributed by atoms with van der Waals surface area (Å²) in [7, 11) is 1.46. The van der Waals surface area contributed by atoms with Crippen LogP contribution >= 0.6 is 10.7 Å². The molecule has 1 rings (SSSR count). The van der Waals surface area contributed by atoms with Gasteiger partial charge in [-0.1, -0.05) is 12.1 Å². The zero-order valence-electron chi connectivity index (χ0n) is 9.51. The Kier molecular flexibility index (Phi) is 4.54. The van der Waals surface area contributed by atoms with Crippen LogP contribution in [0.15, 0.2) is 29.2 Å². The van der Waals surface area contributed by atoms with E-state index in [2.05, 4.69) is 0 Å². The zero-order valence-corrected chi connectivity index (χ0v) is 11.1. The summed E-state index contributed by atoms with van der Waals surface area (Å²) < 4.78 is 26.9. The van der Waals surface area contributed by atoms with Gasteiger partial charge in [0.05, 0.1) is 17.4 Å². The Balaban J connectivity index is 2.92. The van der Waals surface area contributed by atoms with Gasteiger partial charge in [-0.15, -0.1) is 0 Å². The number of rotatable bonds is 4. The number of carbonyl (C=O) groups excluding carboxylic acids is 1. The molecule has 4 nitrogen and oxygen atoms in total. The third kappa shape index (κ3) is 3.71. The van der Waals surface area contributed by atoms with Gasteiger partial charge in [0.15, 0.2) is 0 Å². The number of esters is 1. The highest BCUT2D eigenvalue weighted by molar-refractivity contribution is 8.13. The molecule has 0 aliphatic carbocycles. The number of ether oxygens (including phenoxy) is 1. The van der Waals surface area contributed by atoms with Gasteiger partial charge >= 0.3 is 5.97 Å². The summed E-state index contributed by atoms with van der Waals surface area (Å²) in [5, 5.41) is 0. The summed E-state index contributed by atoms with van der Waals surface area (Å²) in [6.45, 7) is 3.74. The summed E-state index contributed by atoms with van der Waals surface area (Å²) in [5.41, 5.74) is 0.688. The average molecular weight is 277 g/mol. The van der Waals surface area contributed by atoms with Gasteiger partial charge < -0.3 is 4.74 Å². The van der Waals surface area contributed by atoms with Crippen molar-refractivity contribution in [2.75, 3.05) is 6.61 Å². The molecule has 0 saturated heterocycles. The molecule has 0 aromatic heterocycles. The summed E-state index contributed by atoms with van der Waals surface area (Å²) >= 11 is 0. The summed E-state index contributed by atoms with van der Waals surface area (Å²) in [6, 6.07) is 5.84. The van der Waals surface area contributed by atoms with Crippen LogP contribution in [0.4, 0.5) is 0 Å². The lowest BCUT2D eigenvalue weighted by Crippen LogP contribution is -2.12. The van der Waals surface area contributed by atoms with Crippen molar-refractivity contribution in [3.05, 3.63) is 29.8 Å². The molecule has 0 bridgehead atoms. The second-order valence-electron chi connectivity index (χ2n) is 3.48. The fourth-order valence-electron chi connectivity index (χ4n) is 1.32. The number of halogens is 1. The Morgan fingerprint density at radius 3 is 2.29 bits per heavy atom. The molecule has 0 saturated carbocycles. The van der Waals surface area contributed by atoms with E-state index >= 15 is 0 Å². The van der Waals surface area contributed by atoms with Crippen molar-refractivity contribution in [1.82, 2.24) is 0 Å². The minimum Gasteiger partial charge on any atom is -0.466 e. The summed E-state index contributed by atoms with van der Waals surface area (Å²) in [6.07, 6.45) is 0. The van der Waals surface area contributed by atoms with Crippen LogP contribution in [-0.4, -0.2) is 21.0 Å². The Labute approximate surface area is 105 Å². The molecule has 0 spiro atoms. The number of hydrogen-bond donors (Lipinski definition) is 0. The molecule has 0 aliphatic rings. The molecule has 1 atom stereocenters. The first kappa shape index (κ1) is 14.0. The lowest BCUT2D eigenvalue weighted by Gasteiger charge is -2.10. The van der Waals surface area contributed by atoms with Crippen molar-refractivity contribution in [3.8, 4) is 0 Å². The number of hydrogen-bond acceptors (Lipinski definition) is 4. The van der Waals surface area contributed by atoms with Crippen LogP contribution in [-0.2, 0) is 18.6 Å². The summed E-state index contributed by atoms with van der Waals surface area (Å²) in [4.78, 5) is 11.5. The van der Waals surface area contributed by atoms with Gasteiger partial charge in [0.25, 0.3) is 9.05 Å². The van der Waals surface area contributed by atoms with Crippen LogP contribution in [0.3, 0.4) is 0 Å². The normalized spacial score (nSPS) is 13.1. The highest BCUT2D eigenvalue weighted by atomic mass is 35.7. The third-order valence-electron chi connectivity index (χ3n) is 2.30. The molecule has 0 radical (unpaired) electrons. The Morgan fingerprint density at radius 2 is 1.88 bits per heavy atom. The van der Waals surface area contributed by atoms with E-state index in [1.807, 2.05) is 0 Å². The first-order valence-corrected chi connectivity index (χ1v) is 7.38. The van der Waals surface area contributed by atoms with Gasteiger partial charge in [0, 0.05) is 10.7 Å². The topological polar surface area (TPSA) is 60.4 Å². The van der Waals surface area contributed by atoms with E-state index in [1.165, 1.54) is 12.1 Å². The predicted octanol–water partition coefficient (Wildman–Crippen LogP) is 2.28. The van der Waals surface area contributed by atoms with Gasteiger partial charge in [0.1, 0.15) is 0 Å². The van der Waals surface area contributed by atoms with Crippen molar-refractivity contribution in [2.24, 2.45) is 0 Å². The highest BCUT2D eigenvalue weighted by Gasteiger charge is 2.17. The smallest absolute Gasteiger partial charge is 0.313 e. The molecule has 94 valence electrons. The Hall–Kier alpha value is -1.07. The van der Waals surface area contributed by atoms with Gasteiger partial charge in [-0.3, -0.25) is 4.79 Å². The van der Waals surface area contributed by atoms with E-state index in [4.69, 9.17) is 15.4 Å². The van der Waals surface area contributed by atoms with Crippen molar-refractivity contribution >= 4 is 25.7 Å². The van der Waals surface area contributed by atoms with Crippen LogP contribution in [0.5, 0.6) is 0 Å². The van der Waals surface area contributed by atoms with Crippen molar-refractivity contribution in [1.29, 1.82) is 0 Å². The number of carbonyl (C=O) groups is 1. The molecular weight excluding hydrogens is 264 g/mol. The summed E-state index contributed by atoms with van der Waals surface area (Å²) in [5.74, 6) is -0.768. The van der Waals surface area contributed by atoms with Crippen LogP contribution in [0.1, 0.15) is 25.3 Å². The average Bonchev–Trinajstić information content (AvgIpc) is 2.27. The highest BCUT2D eigenvalue weighted by Crippen LogP contribution is 2.21. The van der Waals surface area contributed by atoms with Crippen molar-refractivity contribution in [3.63, 3.8) is 0 Å². The molecule has 1 unspecified atom stereocenters. The molecule has 0 heterocycles. The number of benzene rings is 1. The lowest BCUT2D eigenvalue weighted by atomic mass is 10.0. The second kappa shape index (κ2) is 5.51. The maximum Gasteiger partial charge on any atom is 0.313 e. The van der Waals surface area contributed by atoms with Crippen LogP contribution in [0, 0.1) is 0 Å². The first-order valence-electron chi connectivity index (χ1n) is 5.07. The van der Waals surface area contributed by atoms with Crippen LogP contribution in [0.25, 0.3) is 0 Å². The Bertz CT molecular complexity index is 493. The van der Waals surface area contributed by atoms with E-state index in [-0.39, 0.29) is 10.9 Å². The molecule has 17 heavy (non-hydrogen) atoms. The second-order valence-corrected chi connectivity index (χ2v) is 6.05. The van der Waals surface area contributed by atoms with Gasteiger partial charge in [-0.05, 0) is 31.5 Å². The van der Waals surface area contributed by atoms with E-state index in [0.717, 1.165) is 0 Å². The molecule has 0 N–H and O–H groups in total. The van der Waals surface area contributed by atoms with Gasteiger partial charge in [-0.2, -0.15) is 0 Å². The molecule has 0 aliphatic heterocycles. The van der Waals surface area contributed by atoms with E-state index in [0.29, 0.717) is 12.2 Å². The van der Waals surface area contributed by atoms with Gasteiger partial charge in [-0.25, -0.2) is 8.42 Å². The molecule has 0 amide bonds. The first-order chi connectivity index (χ1) is 7.86. The molecule has 1 aromatic carbocycles. The van der Waals surface area contributed by atoms with Crippen LogP contribution < -0.4 is 0 Å². The van der Waals surface area contributed by atoms with Crippen molar-refractivity contribution < 1.29 is 17.9 Å². The van der Waals surface area contributed by atoms with Crippen LogP contribution in [0.2, 0.25) is 0 Å². The quantitative estimate of drug-likeness (QED) is 0.625. The molecule has 1 aromatic rings. The molecular formula is C11H13ClO4S. The molecule has 6 heteroatoms. The van der Waals surface area contributed by atoms with E-state index in [1.54, 1.807) is 26.0 Å². The van der Waals surface area contributed by atoms with Gasteiger partial charge in [0.2, 0.25) is 0 Å². The maximum absolute atomic E-state index is 11.5. The molecule has 0 fully saturated rings. The zero-order chi connectivity index (χ0) is 13.1. The van der Waals surface area contributed by atoms with Crippen molar-refractivity contribution in [2.45, 2.75) is 24.7 Å². The largest absolute Gasteiger partial charge is 0.466 e. The lowest BCUT2D eigenvalue weighted by molar-refractivity contribution is -0.144. The Morgan fingerprint density at radius 1 is 1.35 bits per heavy atom. The van der Waals surface area contributed by atoms with E-state index in [9.17, 15) is 13.2 Å². The minimum absolute atomic E-state index is 0.0129.